The van der Waals surface area contributed by atoms with Crippen LogP contribution in [0.25, 0.3) is 0 Å². The number of halogens is 3. The quantitative estimate of drug-likeness (QED) is 0.826. The lowest BCUT2D eigenvalue weighted by atomic mass is 10.3. The zero-order chi connectivity index (χ0) is 12.9. The number of alkyl halides is 3. The topological polar surface area (TPSA) is 60.2 Å². The van der Waals surface area contributed by atoms with Crippen LogP contribution >= 0.6 is 11.3 Å². The van der Waals surface area contributed by atoms with Gasteiger partial charge in [-0.2, -0.15) is 13.2 Å². The summed E-state index contributed by atoms with van der Waals surface area (Å²) in [4.78, 5) is 4.80. The molecule has 0 bridgehead atoms. The molecule has 0 saturated heterocycles. The second-order valence-corrected chi connectivity index (χ2v) is 4.72. The number of hydrogen-bond acceptors (Lipinski definition) is 5. The molecule has 1 unspecified atom stereocenters. The summed E-state index contributed by atoms with van der Waals surface area (Å²) in [5.74, 6) is 0. The van der Waals surface area contributed by atoms with Gasteiger partial charge in [0.2, 0.25) is 0 Å². The van der Waals surface area contributed by atoms with Crippen LogP contribution in [0.4, 0.5) is 18.3 Å². The lowest BCUT2D eigenvalue weighted by molar-refractivity contribution is -0.175. The summed E-state index contributed by atoms with van der Waals surface area (Å²) >= 11 is 1.34. The monoisotopic (exact) mass is 269 g/mol. The van der Waals surface area contributed by atoms with Crippen LogP contribution in [0.15, 0.2) is 6.20 Å². The lowest BCUT2D eigenvalue weighted by Crippen LogP contribution is -2.31. The fraction of sp³-hybridized carbons (Fsp3) is 0.667. The third-order valence-corrected chi connectivity index (χ3v) is 2.66. The number of nitrogens with zero attached hydrogens (tertiary/aromatic N) is 1. The number of nitrogens with two attached hydrogens (primary N) is 1. The third-order valence-electron chi connectivity index (χ3n) is 1.83. The van der Waals surface area contributed by atoms with Gasteiger partial charge in [0.15, 0.2) is 5.13 Å². The van der Waals surface area contributed by atoms with E-state index in [1.165, 1.54) is 11.3 Å². The van der Waals surface area contributed by atoms with E-state index >= 15 is 0 Å². The van der Waals surface area contributed by atoms with E-state index in [9.17, 15) is 13.2 Å². The van der Waals surface area contributed by atoms with Crippen molar-refractivity contribution in [3.63, 3.8) is 0 Å². The van der Waals surface area contributed by atoms with E-state index in [1.54, 1.807) is 13.1 Å². The van der Waals surface area contributed by atoms with Gasteiger partial charge in [-0.3, -0.25) is 0 Å². The van der Waals surface area contributed by atoms with Crippen LogP contribution in [-0.4, -0.2) is 30.4 Å². The summed E-state index contributed by atoms with van der Waals surface area (Å²) in [6, 6.07) is -0.166. The lowest BCUT2D eigenvalue weighted by Gasteiger charge is -2.14. The molecule has 0 aliphatic carbocycles. The molecule has 17 heavy (non-hydrogen) atoms. The molecule has 0 radical (unpaired) electrons. The largest absolute Gasteiger partial charge is 0.411 e. The zero-order valence-corrected chi connectivity index (χ0v) is 10.1. The smallest absolute Gasteiger partial charge is 0.375 e. The van der Waals surface area contributed by atoms with Gasteiger partial charge < -0.3 is 15.8 Å². The Morgan fingerprint density at radius 1 is 1.59 bits per heavy atom. The van der Waals surface area contributed by atoms with Gasteiger partial charge in [-0.1, -0.05) is 0 Å². The summed E-state index contributed by atoms with van der Waals surface area (Å²) in [7, 11) is 0. The Balaban J connectivity index is 2.15. The van der Waals surface area contributed by atoms with Crippen molar-refractivity contribution in [3.8, 4) is 0 Å². The molecular formula is C9H14F3N3OS. The fourth-order valence-electron chi connectivity index (χ4n) is 1.09. The van der Waals surface area contributed by atoms with Crippen molar-refractivity contribution in [2.75, 3.05) is 18.9 Å². The minimum Gasteiger partial charge on any atom is -0.375 e. The minimum absolute atomic E-state index is 0.00773. The van der Waals surface area contributed by atoms with Crippen molar-refractivity contribution in [1.29, 1.82) is 0 Å². The Bertz CT molecular complexity index is 342. The maximum atomic E-state index is 11.8. The molecule has 0 amide bonds. The van der Waals surface area contributed by atoms with Crippen molar-refractivity contribution >= 4 is 16.5 Å². The van der Waals surface area contributed by atoms with Gasteiger partial charge in [0.25, 0.3) is 0 Å². The molecule has 0 spiro atoms. The van der Waals surface area contributed by atoms with Gasteiger partial charge in [0.1, 0.15) is 6.61 Å². The van der Waals surface area contributed by atoms with E-state index in [1.807, 2.05) is 0 Å². The van der Waals surface area contributed by atoms with Gasteiger partial charge in [-0.15, -0.1) is 11.3 Å². The number of ether oxygens (including phenoxy) is 1. The summed E-state index contributed by atoms with van der Waals surface area (Å²) in [6.07, 6.45) is -2.64. The highest BCUT2D eigenvalue weighted by Crippen LogP contribution is 2.15. The highest BCUT2D eigenvalue weighted by Gasteiger charge is 2.27. The Morgan fingerprint density at radius 2 is 2.29 bits per heavy atom. The second kappa shape index (κ2) is 6.18. The average Bonchev–Trinajstić information content (AvgIpc) is 2.59. The van der Waals surface area contributed by atoms with Gasteiger partial charge in [0, 0.05) is 23.7 Å². The van der Waals surface area contributed by atoms with E-state index < -0.39 is 12.8 Å². The first-order valence-electron chi connectivity index (χ1n) is 4.95. The molecule has 0 aliphatic rings. The first-order valence-corrected chi connectivity index (χ1v) is 5.76. The zero-order valence-electron chi connectivity index (χ0n) is 9.25. The van der Waals surface area contributed by atoms with E-state index in [-0.39, 0.29) is 12.6 Å². The van der Waals surface area contributed by atoms with Crippen LogP contribution in [0.1, 0.15) is 11.8 Å². The summed E-state index contributed by atoms with van der Waals surface area (Å²) < 4.78 is 39.9. The molecule has 1 rings (SSSR count). The molecule has 1 aromatic heterocycles. The van der Waals surface area contributed by atoms with Crippen LogP contribution in [0.2, 0.25) is 0 Å². The first-order chi connectivity index (χ1) is 7.87. The second-order valence-electron chi connectivity index (χ2n) is 3.58. The van der Waals surface area contributed by atoms with Crippen LogP contribution in [0, 0.1) is 0 Å². The van der Waals surface area contributed by atoms with Crippen molar-refractivity contribution in [1.82, 2.24) is 10.3 Å². The standard InChI is InChI=1S/C9H14F3N3OS/c1-6(4-16-5-9(10,11)12)14-2-7-3-15-8(13)17-7/h3,6,14H,2,4-5H2,1H3,(H2,13,15). The highest BCUT2D eigenvalue weighted by atomic mass is 32.1. The number of rotatable bonds is 6. The molecular weight excluding hydrogens is 255 g/mol. The SMILES string of the molecule is CC(COCC(F)(F)F)NCc1cnc(N)s1. The van der Waals surface area contributed by atoms with Crippen molar-refractivity contribution in [2.24, 2.45) is 0 Å². The first kappa shape index (κ1) is 14.2. The van der Waals surface area contributed by atoms with E-state index in [2.05, 4.69) is 15.0 Å². The minimum atomic E-state index is -4.27. The summed E-state index contributed by atoms with van der Waals surface area (Å²) in [5.41, 5.74) is 5.44. The molecule has 0 aliphatic heterocycles. The predicted octanol–water partition coefficient (Wildman–Crippen LogP) is 1.78. The van der Waals surface area contributed by atoms with Crippen LogP contribution in [-0.2, 0) is 11.3 Å². The molecule has 0 fully saturated rings. The van der Waals surface area contributed by atoms with E-state index in [0.29, 0.717) is 11.7 Å². The number of aromatic nitrogens is 1. The van der Waals surface area contributed by atoms with Crippen LogP contribution in [0.5, 0.6) is 0 Å². The Morgan fingerprint density at radius 3 is 2.82 bits per heavy atom. The Kier molecular flexibility index (Phi) is 5.16. The molecule has 3 N–H and O–H groups in total. The average molecular weight is 269 g/mol. The number of thiazole rings is 1. The third kappa shape index (κ3) is 6.44. The van der Waals surface area contributed by atoms with E-state index in [4.69, 9.17) is 5.73 Å². The van der Waals surface area contributed by atoms with Crippen molar-refractivity contribution < 1.29 is 17.9 Å². The maximum Gasteiger partial charge on any atom is 0.411 e. The normalized spacial score (nSPS) is 13.9. The predicted molar refractivity (Wildman–Crippen MR) is 59.7 cm³/mol. The molecule has 0 saturated carbocycles. The van der Waals surface area contributed by atoms with Crippen molar-refractivity contribution in [3.05, 3.63) is 11.1 Å². The van der Waals surface area contributed by atoms with Crippen LogP contribution < -0.4 is 11.1 Å². The molecule has 0 aromatic carbocycles. The van der Waals surface area contributed by atoms with Gasteiger partial charge in [0.05, 0.1) is 6.61 Å². The molecule has 1 atom stereocenters. The highest BCUT2D eigenvalue weighted by molar-refractivity contribution is 7.15. The number of anilines is 1. The number of nitrogen functional groups attached to an aromatic ring is 1. The van der Waals surface area contributed by atoms with Gasteiger partial charge in [-0.05, 0) is 6.92 Å². The Hall–Kier alpha value is -0.860. The molecule has 98 valence electrons. The van der Waals surface area contributed by atoms with Crippen LogP contribution in [0.3, 0.4) is 0 Å². The molecule has 8 heteroatoms. The molecule has 1 heterocycles. The summed E-state index contributed by atoms with van der Waals surface area (Å²) in [6.45, 7) is 1.06. The number of nitrogens with one attached hydrogen (secondary N) is 1. The molecule has 4 nitrogen and oxygen atoms in total. The van der Waals surface area contributed by atoms with E-state index in [0.717, 1.165) is 4.88 Å². The molecule has 1 aromatic rings. The van der Waals surface area contributed by atoms with Gasteiger partial charge in [-0.25, -0.2) is 4.98 Å². The fourth-order valence-corrected chi connectivity index (χ4v) is 1.72. The van der Waals surface area contributed by atoms with Crippen molar-refractivity contribution in [2.45, 2.75) is 25.7 Å². The van der Waals surface area contributed by atoms with Gasteiger partial charge >= 0.3 is 6.18 Å². The summed E-state index contributed by atoms with van der Waals surface area (Å²) in [5, 5.41) is 3.50. The maximum absolute atomic E-state index is 11.8. The Labute approximate surface area is 101 Å². The number of hydrogen-bond donors (Lipinski definition) is 2.